The molecule has 0 heterocycles. The molecule has 2 aromatic rings. The van der Waals surface area contributed by atoms with Crippen molar-refractivity contribution in [2.24, 2.45) is 0 Å². The average molecular weight is 365 g/mol. The molecule has 0 radical (unpaired) electrons. The van der Waals surface area contributed by atoms with Crippen LogP contribution in [0.2, 0.25) is 0 Å². The van der Waals surface area contributed by atoms with Crippen molar-refractivity contribution >= 4 is 28.9 Å². The zero-order valence-corrected chi connectivity index (χ0v) is 14.2. The molecule has 0 saturated heterocycles. The zero-order valence-electron chi connectivity index (χ0n) is 14.2. The molecule has 0 aliphatic heterocycles. The Labute approximate surface area is 148 Å². The highest BCUT2D eigenvalue weighted by molar-refractivity contribution is 6.08. The highest BCUT2D eigenvalue weighted by Gasteiger charge is 2.30. The Morgan fingerprint density at radius 1 is 0.923 bits per heavy atom. The van der Waals surface area contributed by atoms with Crippen LogP contribution in [0.3, 0.4) is 0 Å². The molecule has 0 atom stereocenters. The minimum Gasteiger partial charge on any atom is -0.378 e. The SMILES string of the molecule is CN(C)c1ccc(NC(=O)CC(=O)Nc2cccc(C(F)(F)F)c2)cc1. The first-order valence-corrected chi connectivity index (χ1v) is 7.69. The molecule has 0 spiro atoms. The maximum Gasteiger partial charge on any atom is 0.416 e. The first kappa shape index (κ1) is 19.3. The van der Waals surface area contributed by atoms with Gasteiger partial charge in [-0.3, -0.25) is 9.59 Å². The summed E-state index contributed by atoms with van der Waals surface area (Å²) in [5, 5.41) is 4.85. The number of rotatable bonds is 5. The highest BCUT2D eigenvalue weighted by atomic mass is 19.4. The summed E-state index contributed by atoms with van der Waals surface area (Å²) < 4.78 is 38.0. The van der Waals surface area contributed by atoms with Crippen molar-refractivity contribution in [3.8, 4) is 0 Å². The van der Waals surface area contributed by atoms with Crippen molar-refractivity contribution in [1.29, 1.82) is 0 Å². The van der Waals surface area contributed by atoms with E-state index in [9.17, 15) is 22.8 Å². The van der Waals surface area contributed by atoms with Crippen LogP contribution >= 0.6 is 0 Å². The Balaban J connectivity index is 1.92. The van der Waals surface area contributed by atoms with Gasteiger partial charge in [-0.15, -0.1) is 0 Å². The van der Waals surface area contributed by atoms with Gasteiger partial charge < -0.3 is 15.5 Å². The standard InChI is InChI=1S/C18H18F3N3O2/c1-24(2)15-8-6-13(7-9-15)22-16(25)11-17(26)23-14-5-3-4-12(10-14)18(19,20)21/h3-10H,11H2,1-2H3,(H,22,25)(H,23,26). The lowest BCUT2D eigenvalue weighted by Gasteiger charge is -2.13. The van der Waals surface area contributed by atoms with E-state index in [-0.39, 0.29) is 5.69 Å². The second-order valence-electron chi connectivity index (χ2n) is 5.79. The molecular formula is C18H18F3N3O2. The number of carbonyl (C=O) groups is 2. The van der Waals surface area contributed by atoms with Crippen LogP contribution in [0.4, 0.5) is 30.2 Å². The lowest BCUT2D eigenvalue weighted by atomic mass is 10.2. The van der Waals surface area contributed by atoms with Crippen molar-refractivity contribution in [2.75, 3.05) is 29.6 Å². The van der Waals surface area contributed by atoms with Gasteiger partial charge in [0.15, 0.2) is 0 Å². The van der Waals surface area contributed by atoms with E-state index in [1.54, 1.807) is 24.3 Å². The molecule has 2 rings (SSSR count). The molecular weight excluding hydrogens is 347 g/mol. The van der Waals surface area contributed by atoms with Gasteiger partial charge in [0.25, 0.3) is 0 Å². The van der Waals surface area contributed by atoms with Crippen molar-refractivity contribution < 1.29 is 22.8 Å². The van der Waals surface area contributed by atoms with Gasteiger partial charge in [0.2, 0.25) is 11.8 Å². The Morgan fingerprint density at radius 3 is 2.04 bits per heavy atom. The Morgan fingerprint density at radius 2 is 1.50 bits per heavy atom. The summed E-state index contributed by atoms with van der Waals surface area (Å²) in [6.07, 6.45) is -5.01. The largest absolute Gasteiger partial charge is 0.416 e. The van der Waals surface area contributed by atoms with Gasteiger partial charge in [0.1, 0.15) is 6.42 Å². The number of alkyl halides is 3. The molecule has 5 nitrogen and oxygen atoms in total. The summed E-state index contributed by atoms with van der Waals surface area (Å²) in [6.45, 7) is 0. The second kappa shape index (κ2) is 7.90. The third kappa shape index (κ3) is 5.51. The van der Waals surface area contributed by atoms with Crippen molar-refractivity contribution in [3.63, 3.8) is 0 Å². The van der Waals surface area contributed by atoms with Crippen LogP contribution in [-0.4, -0.2) is 25.9 Å². The summed E-state index contributed by atoms with van der Waals surface area (Å²) >= 11 is 0. The van der Waals surface area contributed by atoms with Gasteiger partial charge in [-0.25, -0.2) is 0 Å². The smallest absolute Gasteiger partial charge is 0.378 e. The minimum atomic E-state index is -4.50. The second-order valence-corrected chi connectivity index (χ2v) is 5.79. The lowest BCUT2D eigenvalue weighted by Crippen LogP contribution is -2.21. The van der Waals surface area contributed by atoms with Crippen molar-refractivity contribution in [2.45, 2.75) is 12.6 Å². The van der Waals surface area contributed by atoms with Gasteiger partial charge in [0.05, 0.1) is 5.56 Å². The van der Waals surface area contributed by atoms with E-state index in [0.29, 0.717) is 5.69 Å². The summed E-state index contributed by atoms with van der Waals surface area (Å²) in [4.78, 5) is 25.7. The highest BCUT2D eigenvalue weighted by Crippen LogP contribution is 2.30. The fourth-order valence-electron chi connectivity index (χ4n) is 2.17. The molecule has 0 fully saturated rings. The van der Waals surface area contributed by atoms with E-state index in [1.165, 1.54) is 12.1 Å². The summed E-state index contributed by atoms with van der Waals surface area (Å²) in [6, 6.07) is 11.2. The third-order valence-corrected chi connectivity index (χ3v) is 3.46. The van der Waals surface area contributed by atoms with E-state index in [0.717, 1.165) is 17.8 Å². The van der Waals surface area contributed by atoms with Crippen LogP contribution in [0.25, 0.3) is 0 Å². The number of anilines is 3. The first-order valence-electron chi connectivity index (χ1n) is 7.69. The molecule has 0 aliphatic rings. The molecule has 8 heteroatoms. The first-order chi connectivity index (χ1) is 12.1. The lowest BCUT2D eigenvalue weighted by molar-refractivity contribution is -0.137. The Kier molecular flexibility index (Phi) is 5.86. The van der Waals surface area contributed by atoms with E-state index in [4.69, 9.17) is 0 Å². The zero-order chi connectivity index (χ0) is 19.3. The number of nitrogens with one attached hydrogen (secondary N) is 2. The number of benzene rings is 2. The van der Waals surface area contributed by atoms with Gasteiger partial charge in [-0.1, -0.05) is 6.07 Å². The minimum absolute atomic E-state index is 0.0204. The van der Waals surface area contributed by atoms with E-state index in [2.05, 4.69) is 10.6 Å². The number of carbonyl (C=O) groups excluding carboxylic acids is 2. The number of hydrogen-bond donors (Lipinski definition) is 2. The average Bonchev–Trinajstić information content (AvgIpc) is 2.54. The normalized spacial score (nSPS) is 11.0. The van der Waals surface area contributed by atoms with E-state index in [1.807, 2.05) is 19.0 Å². The molecule has 0 aromatic heterocycles. The van der Waals surface area contributed by atoms with Crippen LogP contribution in [0, 0.1) is 0 Å². The molecule has 26 heavy (non-hydrogen) atoms. The van der Waals surface area contributed by atoms with Crippen molar-refractivity contribution in [1.82, 2.24) is 0 Å². The molecule has 0 saturated carbocycles. The van der Waals surface area contributed by atoms with Crippen LogP contribution < -0.4 is 15.5 Å². The molecule has 0 aliphatic carbocycles. The van der Waals surface area contributed by atoms with Gasteiger partial charge in [0, 0.05) is 31.2 Å². The maximum atomic E-state index is 12.7. The Hall–Kier alpha value is -3.03. The predicted molar refractivity (Wildman–Crippen MR) is 94.1 cm³/mol. The number of nitrogens with zero attached hydrogens (tertiary/aromatic N) is 1. The van der Waals surface area contributed by atoms with Crippen LogP contribution in [0.1, 0.15) is 12.0 Å². The van der Waals surface area contributed by atoms with Gasteiger partial charge >= 0.3 is 6.18 Å². The molecule has 0 unspecified atom stereocenters. The van der Waals surface area contributed by atoms with Crippen LogP contribution in [0.5, 0.6) is 0 Å². The van der Waals surface area contributed by atoms with Gasteiger partial charge in [-0.2, -0.15) is 13.2 Å². The molecule has 0 bridgehead atoms. The molecule has 2 amide bonds. The summed E-state index contributed by atoms with van der Waals surface area (Å²) in [5.41, 5.74) is 0.575. The summed E-state index contributed by atoms with van der Waals surface area (Å²) in [7, 11) is 3.76. The number of amides is 2. The van der Waals surface area contributed by atoms with Crippen molar-refractivity contribution in [3.05, 3.63) is 54.1 Å². The predicted octanol–water partition coefficient (Wildman–Crippen LogP) is 3.74. The topological polar surface area (TPSA) is 61.4 Å². The van der Waals surface area contributed by atoms with E-state index < -0.39 is 30.0 Å². The van der Waals surface area contributed by atoms with Gasteiger partial charge in [-0.05, 0) is 42.5 Å². The van der Waals surface area contributed by atoms with Crippen LogP contribution in [0.15, 0.2) is 48.5 Å². The van der Waals surface area contributed by atoms with Crippen LogP contribution in [-0.2, 0) is 15.8 Å². The quantitative estimate of drug-likeness (QED) is 0.794. The number of hydrogen-bond acceptors (Lipinski definition) is 3. The fourth-order valence-corrected chi connectivity index (χ4v) is 2.17. The number of halogens is 3. The maximum absolute atomic E-state index is 12.7. The molecule has 138 valence electrons. The summed E-state index contributed by atoms with van der Waals surface area (Å²) in [5.74, 6) is -1.26. The fraction of sp³-hybridized carbons (Fsp3) is 0.222. The molecule has 2 N–H and O–H groups in total. The third-order valence-electron chi connectivity index (χ3n) is 3.46. The van der Waals surface area contributed by atoms with E-state index >= 15 is 0 Å². The molecule has 2 aromatic carbocycles. The Bertz CT molecular complexity index is 787. The monoisotopic (exact) mass is 365 g/mol.